The van der Waals surface area contributed by atoms with Crippen LogP contribution in [0.2, 0.25) is 0 Å². The summed E-state index contributed by atoms with van der Waals surface area (Å²) in [5.74, 6) is 0. The maximum atomic E-state index is 12.7. The first-order valence-electron chi connectivity index (χ1n) is 7.82. The van der Waals surface area contributed by atoms with Gasteiger partial charge in [-0.1, -0.05) is 62.4 Å². The molecule has 1 amide bonds. The van der Waals surface area contributed by atoms with Crippen LogP contribution in [-0.2, 0) is 21.6 Å². The quantitative estimate of drug-likeness (QED) is 0.628. The summed E-state index contributed by atoms with van der Waals surface area (Å²) in [6, 6.07) is 17.1. The number of ether oxygens (including phenoxy) is 1. The van der Waals surface area contributed by atoms with E-state index in [1.54, 1.807) is 0 Å². The predicted molar refractivity (Wildman–Crippen MR) is 92.7 cm³/mol. The molecule has 1 aliphatic heterocycles. The number of rotatable bonds is 3. The highest BCUT2D eigenvalue weighted by molar-refractivity contribution is 5.97. The Morgan fingerprint density at radius 1 is 1.08 bits per heavy atom. The van der Waals surface area contributed by atoms with E-state index in [4.69, 9.17) is 4.74 Å². The van der Waals surface area contributed by atoms with Gasteiger partial charge in [0.2, 0.25) is 0 Å². The lowest BCUT2D eigenvalue weighted by Crippen LogP contribution is -2.32. The van der Waals surface area contributed by atoms with Crippen LogP contribution < -0.4 is 4.90 Å². The van der Waals surface area contributed by atoms with Crippen molar-refractivity contribution in [1.82, 2.24) is 0 Å². The van der Waals surface area contributed by atoms with Gasteiger partial charge in [0.05, 0.1) is 5.69 Å². The summed E-state index contributed by atoms with van der Waals surface area (Å²) in [5.41, 5.74) is 2.85. The van der Waals surface area contributed by atoms with E-state index >= 15 is 0 Å². The monoisotopic (exact) mass is 321 g/mol. The van der Waals surface area contributed by atoms with Crippen molar-refractivity contribution >= 4 is 18.1 Å². The lowest BCUT2D eigenvalue weighted by molar-refractivity contribution is -0.104. The van der Waals surface area contributed by atoms with Crippen molar-refractivity contribution in [3.63, 3.8) is 0 Å². The van der Waals surface area contributed by atoms with Gasteiger partial charge in [-0.05, 0) is 23.3 Å². The lowest BCUT2D eigenvalue weighted by atomic mass is 9.84. The van der Waals surface area contributed by atoms with E-state index < -0.39 is 11.5 Å². The van der Waals surface area contributed by atoms with Crippen LogP contribution in [0.4, 0.5) is 10.5 Å². The van der Waals surface area contributed by atoms with Crippen molar-refractivity contribution in [2.45, 2.75) is 25.9 Å². The second-order valence-corrected chi connectivity index (χ2v) is 6.21. The average molecular weight is 321 g/mol. The van der Waals surface area contributed by atoms with Gasteiger partial charge < -0.3 is 4.74 Å². The Balaban J connectivity index is 1.91. The van der Waals surface area contributed by atoms with Gasteiger partial charge in [0, 0.05) is 11.1 Å². The molecule has 0 unspecified atom stereocenters. The van der Waals surface area contributed by atoms with E-state index in [-0.39, 0.29) is 6.61 Å². The molecule has 3 rings (SSSR count). The highest BCUT2D eigenvalue weighted by Crippen LogP contribution is 2.47. The van der Waals surface area contributed by atoms with E-state index in [1.807, 2.05) is 68.4 Å². The molecular formula is C20H19NO3. The Bertz CT molecular complexity index is 794. The van der Waals surface area contributed by atoms with Gasteiger partial charge in [0.15, 0.2) is 0 Å². The van der Waals surface area contributed by atoms with Gasteiger partial charge in [-0.25, -0.2) is 9.69 Å². The fourth-order valence-corrected chi connectivity index (χ4v) is 3.07. The van der Waals surface area contributed by atoms with Crippen LogP contribution in [0.15, 0.2) is 66.4 Å². The predicted octanol–water partition coefficient (Wildman–Crippen LogP) is 4.20. The van der Waals surface area contributed by atoms with Gasteiger partial charge in [-0.3, -0.25) is 4.79 Å². The molecule has 2 aromatic rings. The van der Waals surface area contributed by atoms with Crippen molar-refractivity contribution in [3.8, 4) is 0 Å². The number of nitrogens with zero attached hydrogens (tertiary/aromatic N) is 1. The highest BCUT2D eigenvalue weighted by Gasteiger charge is 2.43. The van der Waals surface area contributed by atoms with Crippen molar-refractivity contribution in [2.24, 2.45) is 0 Å². The Morgan fingerprint density at radius 3 is 2.46 bits per heavy atom. The highest BCUT2D eigenvalue weighted by atomic mass is 16.6. The molecule has 0 saturated heterocycles. The second kappa shape index (κ2) is 6.32. The first-order chi connectivity index (χ1) is 11.6. The molecule has 0 aliphatic carbocycles. The topological polar surface area (TPSA) is 46.6 Å². The molecule has 0 radical (unpaired) electrons. The van der Waals surface area contributed by atoms with Gasteiger partial charge in [0.25, 0.3) is 0 Å². The van der Waals surface area contributed by atoms with Crippen LogP contribution in [0.25, 0.3) is 0 Å². The van der Waals surface area contributed by atoms with E-state index in [1.165, 1.54) is 11.0 Å². The fourth-order valence-electron chi connectivity index (χ4n) is 3.07. The van der Waals surface area contributed by atoms with Crippen molar-refractivity contribution in [1.29, 1.82) is 0 Å². The molecule has 0 atom stereocenters. The van der Waals surface area contributed by atoms with E-state index in [0.717, 1.165) is 16.8 Å². The van der Waals surface area contributed by atoms with E-state index in [0.29, 0.717) is 12.0 Å². The Hall–Kier alpha value is -2.88. The number of fused-ring (bicyclic) bond motifs is 1. The summed E-state index contributed by atoms with van der Waals surface area (Å²) in [6.07, 6.45) is 1.66. The number of amides is 1. The van der Waals surface area contributed by atoms with Crippen molar-refractivity contribution in [2.75, 3.05) is 4.90 Å². The molecule has 4 heteroatoms. The summed E-state index contributed by atoms with van der Waals surface area (Å²) >= 11 is 0. The molecule has 122 valence electrons. The Morgan fingerprint density at radius 2 is 1.75 bits per heavy atom. The minimum absolute atomic E-state index is 0.188. The first-order valence-corrected chi connectivity index (χ1v) is 7.82. The number of carbonyl (C=O) groups excluding carboxylic acids is 2. The average Bonchev–Trinajstić information content (AvgIpc) is 2.82. The molecule has 0 spiro atoms. The molecule has 0 bridgehead atoms. The third-order valence-corrected chi connectivity index (χ3v) is 4.31. The number of allylic oxidation sites excluding steroid dienone is 2. The minimum Gasteiger partial charge on any atom is -0.444 e. The number of anilines is 1. The lowest BCUT2D eigenvalue weighted by Gasteiger charge is -2.24. The molecule has 0 saturated carbocycles. The number of benzene rings is 2. The molecular weight excluding hydrogens is 302 g/mol. The van der Waals surface area contributed by atoms with Crippen LogP contribution in [0, 0.1) is 0 Å². The summed E-state index contributed by atoms with van der Waals surface area (Å²) < 4.78 is 5.47. The van der Waals surface area contributed by atoms with Crippen molar-refractivity contribution < 1.29 is 14.3 Å². The Labute approximate surface area is 141 Å². The second-order valence-electron chi connectivity index (χ2n) is 6.21. The molecule has 1 heterocycles. The van der Waals surface area contributed by atoms with Crippen LogP contribution in [0.3, 0.4) is 0 Å². The maximum Gasteiger partial charge on any atom is 0.419 e. The number of hydrogen-bond donors (Lipinski definition) is 0. The van der Waals surface area contributed by atoms with E-state index in [9.17, 15) is 9.59 Å². The SMILES string of the molecule is CC1(C)/C(=C/C=O)N(C(=O)OCc2ccccc2)c2ccccc21. The minimum atomic E-state index is -0.482. The number of hydrogen-bond acceptors (Lipinski definition) is 3. The van der Waals surface area contributed by atoms with Crippen LogP contribution in [0.5, 0.6) is 0 Å². The number of aldehydes is 1. The summed E-state index contributed by atoms with van der Waals surface area (Å²) in [5, 5.41) is 0. The third-order valence-electron chi connectivity index (χ3n) is 4.31. The zero-order valence-corrected chi connectivity index (χ0v) is 13.7. The fraction of sp³-hybridized carbons (Fsp3) is 0.200. The zero-order valence-electron chi connectivity index (χ0n) is 13.7. The van der Waals surface area contributed by atoms with Gasteiger partial charge in [0.1, 0.15) is 12.9 Å². The van der Waals surface area contributed by atoms with Crippen LogP contribution in [0.1, 0.15) is 25.0 Å². The largest absolute Gasteiger partial charge is 0.444 e. The standard InChI is InChI=1S/C20H19NO3/c1-20(2)16-10-6-7-11-17(16)21(18(20)12-13-22)19(23)24-14-15-8-4-3-5-9-15/h3-13H,14H2,1-2H3/b18-12-. The summed E-state index contributed by atoms with van der Waals surface area (Å²) in [4.78, 5) is 25.3. The van der Waals surface area contributed by atoms with Crippen molar-refractivity contribution in [3.05, 3.63) is 77.5 Å². The maximum absolute atomic E-state index is 12.7. The molecule has 0 aromatic heterocycles. The Kier molecular flexibility index (Phi) is 4.21. The summed E-state index contributed by atoms with van der Waals surface area (Å²) in [6.45, 7) is 4.17. The number of para-hydroxylation sites is 1. The molecule has 24 heavy (non-hydrogen) atoms. The number of carbonyl (C=O) groups is 2. The summed E-state index contributed by atoms with van der Waals surface area (Å²) in [7, 11) is 0. The van der Waals surface area contributed by atoms with Crippen LogP contribution in [-0.4, -0.2) is 12.4 Å². The van der Waals surface area contributed by atoms with Gasteiger partial charge >= 0.3 is 6.09 Å². The smallest absolute Gasteiger partial charge is 0.419 e. The molecule has 0 N–H and O–H groups in total. The van der Waals surface area contributed by atoms with E-state index in [2.05, 4.69) is 0 Å². The molecule has 1 aliphatic rings. The first kappa shape index (κ1) is 16.0. The molecule has 4 nitrogen and oxygen atoms in total. The van der Waals surface area contributed by atoms with Gasteiger partial charge in [-0.2, -0.15) is 0 Å². The van der Waals surface area contributed by atoms with Crippen LogP contribution >= 0.6 is 0 Å². The molecule has 2 aromatic carbocycles. The molecule has 0 fully saturated rings. The van der Waals surface area contributed by atoms with Gasteiger partial charge in [-0.15, -0.1) is 0 Å². The zero-order chi connectivity index (χ0) is 17.2. The third kappa shape index (κ3) is 2.71. The normalized spacial score (nSPS) is 16.8.